The Morgan fingerprint density at radius 2 is 1.60 bits per heavy atom. The van der Waals surface area contributed by atoms with Crippen molar-refractivity contribution in [3.63, 3.8) is 0 Å². The molecule has 0 aliphatic rings. The van der Waals surface area contributed by atoms with Crippen molar-refractivity contribution < 1.29 is 0 Å². The molecule has 0 saturated carbocycles. The van der Waals surface area contributed by atoms with Crippen molar-refractivity contribution in [1.82, 2.24) is 14.8 Å². The van der Waals surface area contributed by atoms with E-state index in [1.165, 1.54) is 5.56 Å². The standard InChI is InChI=1S/C10H13N5/c11-9-13-14-10(12)15(9)7-6-8-4-2-1-3-5-8/h1-5H,6-7H2,(H2,11,13)(H2,12,14). The lowest BCUT2D eigenvalue weighted by atomic mass is 10.1. The third-order valence-corrected chi connectivity index (χ3v) is 2.27. The lowest BCUT2D eigenvalue weighted by Gasteiger charge is -2.05. The van der Waals surface area contributed by atoms with Crippen LogP contribution in [0.25, 0.3) is 0 Å². The molecule has 2 aromatic rings. The van der Waals surface area contributed by atoms with Gasteiger partial charge in [-0.15, -0.1) is 10.2 Å². The van der Waals surface area contributed by atoms with Gasteiger partial charge in [-0.3, -0.25) is 4.57 Å². The Morgan fingerprint density at radius 1 is 1.00 bits per heavy atom. The Kier molecular flexibility index (Phi) is 2.53. The summed E-state index contributed by atoms with van der Waals surface area (Å²) >= 11 is 0. The van der Waals surface area contributed by atoms with Crippen LogP contribution < -0.4 is 11.5 Å². The fraction of sp³-hybridized carbons (Fsp3) is 0.200. The number of anilines is 2. The van der Waals surface area contributed by atoms with Gasteiger partial charge in [0.2, 0.25) is 11.9 Å². The van der Waals surface area contributed by atoms with Crippen LogP contribution in [0.5, 0.6) is 0 Å². The highest BCUT2D eigenvalue weighted by Gasteiger charge is 2.04. The summed E-state index contributed by atoms with van der Waals surface area (Å²) in [7, 11) is 0. The fourth-order valence-corrected chi connectivity index (χ4v) is 1.44. The summed E-state index contributed by atoms with van der Waals surface area (Å²) in [6, 6.07) is 10.1. The number of hydrogen-bond acceptors (Lipinski definition) is 4. The van der Waals surface area contributed by atoms with Gasteiger partial charge in [0.05, 0.1) is 0 Å². The molecule has 78 valence electrons. The second-order valence-corrected chi connectivity index (χ2v) is 3.30. The first kappa shape index (κ1) is 9.51. The van der Waals surface area contributed by atoms with E-state index < -0.39 is 0 Å². The van der Waals surface area contributed by atoms with Gasteiger partial charge in [0.1, 0.15) is 0 Å². The van der Waals surface area contributed by atoms with Gasteiger partial charge in [-0.05, 0) is 12.0 Å². The van der Waals surface area contributed by atoms with Crippen LogP contribution in [0.3, 0.4) is 0 Å². The molecule has 0 spiro atoms. The van der Waals surface area contributed by atoms with E-state index >= 15 is 0 Å². The molecule has 0 amide bonds. The van der Waals surface area contributed by atoms with Crippen molar-refractivity contribution in [3.05, 3.63) is 35.9 Å². The van der Waals surface area contributed by atoms with Crippen molar-refractivity contribution in [2.45, 2.75) is 13.0 Å². The summed E-state index contributed by atoms with van der Waals surface area (Å²) in [5.74, 6) is 0.729. The van der Waals surface area contributed by atoms with Crippen LogP contribution in [0.2, 0.25) is 0 Å². The molecule has 5 nitrogen and oxygen atoms in total. The second kappa shape index (κ2) is 4.00. The lowest BCUT2D eigenvalue weighted by Crippen LogP contribution is -2.08. The first-order chi connectivity index (χ1) is 7.27. The van der Waals surface area contributed by atoms with Gasteiger partial charge in [0, 0.05) is 6.54 Å². The van der Waals surface area contributed by atoms with Crippen molar-refractivity contribution in [3.8, 4) is 0 Å². The van der Waals surface area contributed by atoms with Crippen LogP contribution in [0.4, 0.5) is 11.9 Å². The number of nitrogens with two attached hydrogens (primary N) is 2. The zero-order valence-corrected chi connectivity index (χ0v) is 8.30. The average Bonchev–Trinajstić information content (AvgIpc) is 2.58. The van der Waals surface area contributed by atoms with Crippen molar-refractivity contribution >= 4 is 11.9 Å². The molecule has 0 aliphatic carbocycles. The van der Waals surface area contributed by atoms with E-state index in [1.54, 1.807) is 4.57 Å². The number of rotatable bonds is 3. The lowest BCUT2D eigenvalue weighted by molar-refractivity contribution is 0.712. The van der Waals surface area contributed by atoms with Gasteiger partial charge in [0.25, 0.3) is 0 Å². The SMILES string of the molecule is Nc1nnc(N)n1CCc1ccccc1. The molecule has 5 heteroatoms. The van der Waals surface area contributed by atoms with Crippen molar-refractivity contribution in [2.75, 3.05) is 11.5 Å². The van der Waals surface area contributed by atoms with Gasteiger partial charge in [-0.2, -0.15) is 0 Å². The van der Waals surface area contributed by atoms with E-state index in [9.17, 15) is 0 Å². The first-order valence-electron chi connectivity index (χ1n) is 4.75. The number of aryl methyl sites for hydroxylation is 1. The maximum Gasteiger partial charge on any atom is 0.223 e. The molecule has 1 aromatic carbocycles. The summed E-state index contributed by atoms with van der Waals surface area (Å²) < 4.78 is 1.70. The molecule has 1 aromatic heterocycles. The predicted molar refractivity (Wildman–Crippen MR) is 59.0 cm³/mol. The molecular weight excluding hydrogens is 190 g/mol. The smallest absolute Gasteiger partial charge is 0.223 e. The van der Waals surface area contributed by atoms with Gasteiger partial charge < -0.3 is 11.5 Å². The average molecular weight is 203 g/mol. The number of aromatic nitrogens is 3. The topological polar surface area (TPSA) is 82.8 Å². The molecular formula is C10H13N5. The third kappa shape index (κ3) is 2.07. The molecule has 1 heterocycles. The van der Waals surface area contributed by atoms with Crippen LogP contribution in [0.1, 0.15) is 5.56 Å². The van der Waals surface area contributed by atoms with Gasteiger partial charge in [-0.1, -0.05) is 30.3 Å². The van der Waals surface area contributed by atoms with E-state index in [-0.39, 0.29) is 0 Å². The monoisotopic (exact) mass is 203 g/mol. The fourth-order valence-electron chi connectivity index (χ4n) is 1.44. The maximum atomic E-state index is 5.61. The molecule has 2 rings (SSSR count). The van der Waals surface area contributed by atoms with Crippen LogP contribution in [0, 0.1) is 0 Å². The molecule has 4 N–H and O–H groups in total. The summed E-state index contributed by atoms with van der Waals surface area (Å²) in [5, 5.41) is 7.39. The molecule has 0 aliphatic heterocycles. The van der Waals surface area contributed by atoms with E-state index in [0.29, 0.717) is 18.4 Å². The Balaban J connectivity index is 2.05. The number of hydrogen-bond donors (Lipinski definition) is 2. The normalized spacial score (nSPS) is 10.4. The minimum Gasteiger partial charge on any atom is -0.368 e. The highest BCUT2D eigenvalue weighted by atomic mass is 15.4. The molecule has 0 bridgehead atoms. The highest BCUT2D eigenvalue weighted by Crippen LogP contribution is 2.08. The molecule has 0 fully saturated rings. The summed E-state index contributed by atoms with van der Waals surface area (Å²) in [5.41, 5.74) is 12.5. The number of nitrogen functional groups attached to an aromatic ring is 2. The second-order valence-electron chi connectivity index (χ2n) is 3.30. The van der Waals surface area contributed by atoms with E-state index in [1.807, 2.05) is 18.2 Å². The third-order valence-electron chi connectivity index (χ3n) is 2.27. The van der Waals surface area contributed by atoms with Crippen molar-refractivity contribution in [2.24, 2.45) is 0 Å². The van der Waals surface area contributed by atoms with Gasteiger partial charge in [-0.25, -0.2) is 0 Å². The molecule has 0 unspecified atom stereocenters. The van der Waals surface area contributed by atoms with Crippen molar-refractivity contribution in [1.29, 1.82) is 0 Å². The Hall–Kier alpha value is -2.04. The Labute approximate surface area is 87.7 Å². The molecule has 0 saturated heterocycles. The number of nitrogens with zero attached hydrogens (tertiary/aromatic N) is 3. The molecule has 15 heavy (non-hydrogen) atoms. The minimum absolute atomic E-state index is 0.364. The van der Waals surface area contributed by atoms with E-state index in [4.69, 9.17) is 11.5 Å². The molecule has 0 atom stereocenters. The van der Waals surface area contributed by atoms with E-state index in [0.717, 1.165) is 6.42 Å². The summed E-state index contributed by atoms with van der Waals surface area (Å²) in [6.07, 6.45) is 0.868. The summed E-state index contributed by atoms with van der Waals surface area (Å²) in [4.78, 5) is 0. The van der Waals surface area contributed by atoms with Gasteiger partial charge >= 0.3 is 0 Å². The predicted octanol–water partition coefficient (Wildman–Crippen LogP) is 0.685. The Bertz CT molecular complexity index is 415. The summed E-state index contributed by atoms with van der Waals surface area (Å²) in [6.45, 7) is 0.703. The Morgan fingerprint density at radius 3 is 2.20 bits per heavy atom. The van der Waals surface area contributed by atoms with Crippen LogP contribution in [0.15, 0.2) is 30.3 Å². The first-order valence-corrected chi connectivity index (χ1v) is 4.75. The van der Waals surface area contributed by atoms with Gasteiger partial charge in [0.15, 0.2) is 0 Å². The van der Waals surface area contributed by atoms with Crippen LogP contribution in [-0.2, 0) is 13.0 Å². The number of benzene rings is 1. The van der Waals surface area contributed by atoms with Crippen LogP contribution in [-0.4, -0.2) is 14.8 Å². The molecule has 0 radical (unpaired) electrons. The minimum atomic E-state index is 0.364. The van der Waals surface area contributed by atoms with Crippen LogP contribution >= 0.6 is 0 Å². The zero-order valence-electron chi connectivity index (χ0n) is 8.30. The highest BCUT2D eigenvalue weighted by molar-refractivity contribution is 5.29. The van der Waals surface area contributed by atoms with E-state index in [2.05, 4.69) is 22.3 Å². The zero-order chi connectivity index (χ0) is 10.7. The quantitative estimate of drug-likeness (QED) is 0.768. The largest absolute Gasteiger partial charge is 0.368 e. The maximum absolute atomic E-state index is 5.61.